The predicted molar refractivity (Wildman–Crippen MR) is 42.3 cm³/mol. The van der Waals surface area contributed by atoms with Gasteiger partial charge >= 0.3 is 12.4 Å². The quantitative estimate of drug-likeness (QED) is 0.577. The van der Waals surface area contributed by atoms with Gasteiger partial charge in [0, 0.05) is 0 Å². The molecule has 0 saturated heterocycles. The highest BCUT2D eigenvalue weighted by Crippen LogP contribution is 2.18. The molecule has 13 heavy (non-hydrogen) atoms. The molecule has 1 aromatic carbocycles. The zero-order valence-electron chi connectivity index (χ0n) is 6.54. The lowest BCUT2D eigenvalue weighted by Crippen LogP contribution is -2.15. The molecule has 0 aliphatic carbocycles. The lowest BCUT2D eigenvalue weighted by atomic mass is 10.2. The van der Waals surface area contributed by atoms with Crippen molar-refractivity contribution in [2.45, 2.75) is 6.48 Å². The average molecular weight is 184 g/mol. The number of rotatable bonds is 3. The number of aliphatic hydroxyl groups is 2. The highest BCUT2D eigenvalue weighted by molar-refractivity contribution is 5.90. The van der Waals surface area contributed by atoms with Crippen LogP contribution in [-0.2, 0) is 0 Å². The van der Waals surface area contributed by atoms with Crippen molar-refractivity contribution in [3.05, 3.63) is 29.8 Å². The topological polar surface area (TPSA) is 87.0 Å². The summed E-state index contributed by atoms with van der Waals surface area (Å²) < 4.78 is 4.44. The maximum atomic E-state index is 10.6. The van der Waals surface area contributed by atoms with Gasteiger partial charge in [-0.3, -0.25) is 0 Å². The second-order valence-electron chi connectivity index (χ2n) is 2.25. The van der Waals surface area contributed by atoms with Crippen molar-refractivity contribution in [1.29, 1.82) is 0 Å². The van der Waals surface area contributed by atoms with Crippen LogP contribution in [0.25, 0.3) is 0 Å². The first-order valence-corrected chi connectivity index (χ1v) is 3.46. The summed E-state index contributed by atoms with van der Waals surface area (Å²) in [4.78, 5) is 10.6. The number of carboxylic acids is 1. The van der Waals surface area contributed by atoms with Crippen molar-refractivity contribution in [2.75, 3.05) is 0 Å². The number of hydrogen-bond donors (Lipinski definition) is 3. The minimum Gasteiger partial charge on any atom is -0.478 e. The van der Waals surface area contributed by atoms with Gasteiger partial charge in [-0.15, -0.1) is 0 Å². The van der Waals surface area contributed by atoms with Crippen molar-refractivity contribution in [3.63, 3.8) is 0 Å². The third-order valence-corrected chi connectivity index (χ3v) is 1.35. The predicted octanol–water partition coefficient (Wildman–Crippen LogP) is 0.0318. The van der Waals surface area contributed by atoms with E-state index in [9.17, 15) is 4.79 Å². The number of carbonyl (C=O) groups is 1. The van der Waals surface area contributed by atoms with Gasteiger partial charge < -0.3 is 20.1 Å². The van der Waals surface area contributed by atoms with E-state index in [4.69, 9.17) is 15.3 Å². The molecule has 0 fully saturated rings. The Morgan fingerprint density at radius 2 is 1.92 bits per heavy atom. The first-order valence-electron chi connectivity index (χ1n) is 3.46. The molecule has 0 spiro atoms. The highest BCUT2D eigenvalue weighted by Gasteiger charge is 2.11. The van der Waals surface area contributed by atoms with Crippen LogP contribution in [-0.4, -0.2) is 27.8 Å². The maximum Gasteiger partial charge on any atom is 0.339 e. The van der Waals surface area contributed by atoms with Gasteiger partial charge in [0.05, 0.1) is 0 Å². The standard InChI is InChI=1S/C8H8O5/c9-7(10)5-3-1-2-4-6(5)13-8(11)12/h1-4,8,11-12H,(H,9,10). The minimum atomic E-state index is -2.01. The van der Waals surface area contributed by atoms with Crippen LogP contribution in [0.5, 0.6) is 5.75 Å². The zero-order valence-corrected chi connectivity index (χ0v) is 6.54. The summed E-state index contributed by atoms with van der Waals surface area (Å²) in [5, 5.41) is 25.5. The van der Waals surface area contributed by atoms with E-state index in [2.05, 4.69) is 4.74 Å². The molecule has 0 aliphatic rings. The van der Waals surface area contributed by atoms with Crippen LogP contribution >= 0.6 is 0 Å². The molecule has 3 N–H and O–H groups in total. The monoisotopic (exact) mass is 184 g/mol. The smallest absolute Gasteiger partial charge is 0.339 e. The normalized spacial score (nSPS) is 10.1. The fourth-order valence-electron chi connectivity index (χ4n) is 0.860. The Balaban J connectivity index is 2.98. The molecule has 1 aromatic rings. The maximum absolute atomic E-state index is 10.6. The fraction of sp³-hybridized carbons (Fsp3) is 0.125. The van der Waals surface area contributed by atoms with E-state index >= 15 is 0 Å². The second-order valence-corrected chi connectivity index (χ2v) is 2.25. The van der Waals surface area contributed by atoms with Crippen LogP contribution in [0.2, 0.25) is 0 Å². The third-order valence-electron chi connectivity index (χ3n) is 1.35. The van der Waals surface area contributed by atoms with Gasteiger partial charge in [-0.25, -0.2) is 4.79 Å². The zero-order chi connectivity index (χ0) is 9.84. The summed E-state index contributed by atoms with van der Waals surface area (Å²) in [6.07, 6.45) is 0. The van der Waals surface area contributed by atoms with Gasteiger partial charge in [-0.2, -0.15) is 0 Å². The second kappa shape index (κ2) is 3.88. The lowest BCUT2D eigenvalue weighted by molar-refractivity contribution is -0.179. The number of carboxylic acid groups (broad SMARTS) is 1. The third kappa shape index (κ3) is 2.43. The van der Waals surface area contributed by atoms with E-state index < -0.39 is 12.4 Å². The Hall–Kier alpha value is -1.59. The Bertz CT molecular complexity index is 307. The molecular formula is C8H8O5. The molecule has 0 atom stereocenters. The lowest BCUT2D eigenvalue weighted by Gasteiger charge is -2.09. The van der Waals surface area contributed by atoms with E-state index in [1.165, 1.54) is 24.3 Å². The van der Waals surface area contributed by atoms with Gasteiger partial charge in [0.25, 0.3) is 0 Å². The van der Waals surface area contributed by atoms with Crippen molar-refractivity contribution in [1.82, 2.24) is 0 Å². The van der Waals surface area contributed by atoms with Gasteiger partial charge in [-0.1, -0.05) is 12.1 Å². The molecular weight excluding hydrogens is 176 g/mol. The number of ether oxygens (including phenoxy) is 1. The van der Waals surface area contributed by atoms with Gasteiger partial charge in [0.2, 0.25) is 0 Å². The number of aromatic carboxylic acids is 1. The van der Waals surface area contributed by atoms with Crippen LogP contribution in [0.15, 0.2) is 24.3 Å². The summed E-state index contributed by atoms with van der Waals surface area (Å²) in [6.45, 7) is -2.01. The Labute approximate surface area is 73.8 Å². The number of hydrogen-bond acceptors (Lipinski definition) is 4. The summed E-state index contributed by atoms with van der Waals surface area (Å²) in [5.41, 5.74) is -0.115. The summed E-state index contributed by atoms with van der Waals surface area (Å²) in [7, 11) is 0. The molecule has 0 bridgehead atoms. The number of para-hydroxylation sites is 1. The molecule has 70 valence electrons. The van der Waals surface area contributed by atoms with Crippen molar-refractivity contribution < 1.29 is 24.9 Å². The molecule has 0 aliphatic heterocycles. The van der Waals surface area contributed by atoms with Crippen LogP contribution < -0.4 is 4.74 Å². The van der Waals surface area contributed by atoms with Crippen LogP contribution in [0.1, 0.15) is 10.4 Å². The van der Waals surface area contributed by atoms with E-state index in [1.807, 2.05) is 0 Å². The Morgan fingerprint density at radius 1 is 1.31 bits per heavy atom. The molecule has 0 amide bonds. The van der Waals surface area contributed by atoms with Gasteiger partial charge in [0.15, 0.2) is 0 Å². The molecule has 0 saturated carbocycles. The van der Waals surface area contributed by atoms with E-state index in [-0.39, 0.29) is 11.3 Å². The first-order chi connectivity index (χ1) is 6.11. The van der Waals surface area contributed by atoms with Gasteiger partial charge in [-0.05, 0) is 12.1 Å². The largest absolute Gasteiger partial charge is 0.478 e. The molecule has 5 heteroatoms. The van der Waals surface area contributed by atoms with Gasteiger partial charge in [0.1, 0.15) is 11.3 Å². The minimum absolute atomic E-state index is 0.0787. The summed E-state index contributed by atoms with van der Waals surface area (Å²) >= 11 is 0. The Kier molecular flexibility index (Phi) is 2.84. The molecule has 5 nitrogen and oxygen atoms in total. The SMILES string of the molecule is O=C(O)c1ccccc1OC(O)O. The van der Waals surface area contributed by atoms with Crippen LogP contribution in [0.4, 0.5) is 0 Å². The fourth-order valence-corrected chi connectivity index (χ4v) is 0.860. The molecule has 0 unspecified atom stereocenters. The number of benzene rings is 1. The molecule has 1 rings (SSSR count). The molecule has 0 radical (unpaired) electrons. The first kappa shape index (κ1) is 9.50. The highest BCUT2D eigenvalue weighted by atomic mass is 16.7. The molecule has 0 heterocycles. The molecule has 0 aromatic heterocycles. The van der Waals surface area contributed by atoms with Crippen molar-refractivity contribution in [2.24, 2.45) is 0 Å². The van der Waals surface area contributed by atoms with Crippen LogP contribution in [0.3, 0.4) is 0 Å². The van der Waals surface area contributed by atoms with E-state index in [0.717, 1.165) is 0 Å². The Morgan fingerprint density at radius 3 is 2.46 bits per heavy atom. The van der Waals surface area contributed by atoms with Crippen molar-refractivity contribution in [3.8, 4) is 5.75 Å². The summed E-state index contributed by atoms with van der Waals surface area (Å²) in [5.74, 6) is -1.26. The number of aliphatic hydroxyl groups excluding tert-OH is 1. The summed E-state index contributed by atoms with van der Waals surface area (Å²) in [6, 6.07) is 5.69. The van der Waals surface area contributed by atoms with E-state index in [1.54, 1.807) is 0 Å². The average Bonchev–Trinajstić information content (AvgIpc) is 2.03. The van der Waals surface area contributed by atoms with Crippen molar-refractivity contribution >= 4 is 5.97 Å². The van der Waals surface area contributed by atoms with E-state index in [0.29, 0.717) is 0 Å². The van der Waals surface area contributed by atoms with Crippen LogP contribution in [0, 0.1) is 0 Å².